The molecule has 0 aliphatic heterocycles. The summed E-state index contributed by atoms with van der Waals surface area (Å²) in [4.78, 5) is 23.3. The molecule has 4 heteroatoms. The highest BCUT2D eigenvalue weighted by atomic mass is 16.5. The largest absolute Gasteiger partial charge is 0.465 e. The molecule has 30 heavy (non-hydrogen) atoms. The Bertz CT molecular complexity index is 480. The highest BCUT2D eigenvalue weighted by molar-refractivity contribution is 5.69. The van der Waals surface area contributed by atoms with Crippen molar-refractivity contribution in [2.24, 2.45) is 10.8 Å². The third-order valence-electron chi connectivity index (χ3n) is 4.50. The molecule has 0 aromatic heterocycles. The highest BCUT2D eigenvalue weighted by Gasteiger charge is 2.14. The van der Waals surface area contributed by atoms with Gasteiger partial charge in [0.25, 0.3) is 0 Å². The maximum atomic E-state index is 11.6. The second-order valence-corrected chi connectivity index (χ2v) is 10.8. The molecule has 176 valence electrons. The van der Waals surface area contributed by atoms with E-state index in [2.05, 4.69) is 53.7 Å². The average molecular weight is 425 g/mol. The summed E-state index contributed by atoms with van der Waals surface area (Å²) in [5, 5.41) is 0. The molecule has 0 saturated heterocycles. The van der Waals surface area contributed by atoms with Crippen LogP contribution in [0.1, 0.15) is 119 Å². The summed E-state index contributed by atoms with van der Waals surface area (Å²) in [7, 11) is 0. The van der Waals surface area contributed by atoms with Gasteiger partial charge >= 0.3 is 11.9 Å². The first-order chi connectivity index (χ1) is 14.0. The number of esters is 2. The van der Waals surface area contributed by atoms with Crippen molar-refractivity contribution < 1.29 is 19.1 Å². The van der Waals surface area contributed by atoms with Crippen LogP contribution in [0, 0.1) is 10.8 Å². The molecule has 0 saturated carbocycles. The van der Waals surface area contributed by atoms with Gasteiger partial charge in [0.15, 0.2) is 0 Å². The minimum Gasteiger partial charge on any atom is -0.465 e. The van der Waals surface area contributed by atoms with Gasteiger partial charge in [0.2, 0.25) is 0 Å². The van der Waals surface area contributed by atoms with Gasteiger partial charge in [0.1, 0.15) is 0 Å². The van der Waals surface area contributed by atoms with Crippen molar-refractivity contribution in [3.05, 3.63) is 12.2 Å². The van der Waals surface area contributed by atoms with E-state index in [0.717, 1.165) is 32.1 Å². The Morgan fingerprint density at radius 2 is 0.933 bits per heavy atom. The molecular weight excluding hydrogens is 376 g/mol. The fourth-order valence-electron chi connectivity index (χ4n) is 2.75. The fraction of sp³-hybridized carbons (Fsp3) is 0.846. The molecule has 0 radical (unpaired) electrons. The lowest BCUT2D eigenvalue weighted by molar-refractivity contribution is -0.147. The second kappa shape index (κ2) is 16.4. The molecule has 0 unspecified atom stereocenters. The molecule has 0 N–H and O–H groups in total. The van der Waals surface area contributed by atoms with Gasteiger partial charge in [-0.3, -0.25) is 9.59 Å². The first-order valence-electron chi connectivity index (χ1n) is 12.0. The van der Waals surface area contributed by atoms with Crippen LogP contribution in [-0.4, -0.2) is 25.2 Å². The zero-order chi connectivity index (χ0) is 22.9. The van der Waals surface area contributed by atoms with Crippen molar-refractivity contribution in [1.29, 1.82) is 0 Å². The van der Waals surface area contributed by atoms with Crippen LogP contribution in [0.25, 0.3) is 0 Å². The van der Waals surface area contributed by atoms with E-state index in [1.807, 2.05) is 0 Å². The number of hydrogen-bond donors (Lipinski definition) is 0. The summed E-state index contributed by atoms with van der Waals surface area (Å²) in [6, 6.07) is 0. The topological polar surface area (TPSA) is 52.6 Å². The molecule has 4 nitrogen and oxygen atoms in total. The number of carbonyl (C=O) groups excluding carboxylic acids is 2. The van der Waals surface area contributed by atoms with Crippen molar-refractivity contribution in [3.8, 4) is 0 Å². The first-order valence-corrected chi connectivity index (χ1v) is 12.0. The Kier molecular flexibility index (Phi) is 15.7. The lowest BCUT2D eigenvalue weighted by atomic mass is 9.99. The van der Waals surface area contributed by atoms with Crippen LogP contribution in [0.3, 0.4) is 0 Å². The fourth-order valence-corrected chi connectivity index (χ4v) is 2.75. The Hall–Kier alpha value is -1.32. The van der Waals surface area contributed by atoms with Gasteiger partial charge < -0.3 is 9.47 Å². The van der Waals surface area contributed by atoms with Crippen LogP contribution in [0.15, 0.2) is 12.2 Å². The minimum atomic E-state index is -0.0832. The maximum Gasteiger partial charge on any atom is 0.305 e. The quantitative estimate of drug-likeness (QED) is 0.147. The minimum absolute atomic E-state index is 0.0372. The Morgan fingerprint density at radius 3 is 1.40 bits per heavy atom. The predicted molar refractivity (Wildman–Crippen MR) is 125 cm³/mol. The van der Waals surface area contributed by atoms with E-state index in [9.17, 15) is 9.59 Å². The van der Waals surface area contributed by atoms with E-state index in [0.29, 0.717) is 26.1 Å². The summed E-state index contributed by atoms with van der Waals surface area (Å²) in [6.45, 7) is 13.4. The average Bonchev–Trinajstić information content (AvgIpc) is 2.63. The van der Waals surface area contributed by atoms with E-state index < -0.39 is 0 Å². The molecule has 0 aliphatic carbocycles. The van der Waals surface area contributed by atoms with Crippen molar-refractivity contribution in [2.45, 2.75) is 119 Å². The van der Waals surface area contributed by atoms with Crippen molar-refractivity contribution >= 4 is 11.9 Å². The van der Waals surface area contributed by atoms with Crippen LogP contribution < -0.4 is 0 Å². The summed E-state index contributed by atoms with van der Waals surface area (Å²) >= 11 is 0. The van der Waals surface area contributed by atoms with E-state index in [4.69, 9.17) is 9.47 Å². The first kappa shape index (κ1) is 28.7. The summed E-state index contributed by atoms with van der Waals surface area (Å²) in [5.41, 5.74) is 0.0836. The Morgan fingerprint density at radius 1 is 0.567 bits per heavy atom. The normalized spacial score (nSPS) is 12.3. The molecular formula is C26H48O4. The molecule has 0 aliphatic rings. The van der Waals surface area contributed by atoms with Gasteiger partial charge in [0.05, 0.1) is 13.2 Å². The molecule has 0 amide bonds. The molecule has 0 spiro atoms. The molecule has 0 rings (SSSR count). The van der Waals surface area contributed by atoms with E-state index in [1.54, 1.807) is 0 Å². The van der Waals surface area contributed by atoms with Gasteiger partial charge in [-0.1, -0.05) is 85.8 Å². The number of carbonyl (C=O) groups is 2. The molecule has 0 atom stereocenters. The van der Waals surface area contributed by atoms with Gasteiger partial charge in [-0.15, -0.1) is 0 Å². The van der Waals surface area contributed by atoms with Crippen molar-refractivity contribution in [2.75, 3.05) is 13.2 Å². The molecule has 0 aromatic carbocycles. The zero-order valence-corrected chi connectivity index (χ0v) is 20.7. The van der Waals surface area contributed by atoms with Gasteiger partial charge in [-0.2, -0.15) is 0 Å². The van der Waals surface area contributed by atoms with Crippen molar-refractivity contribution in [3.63, 3.8) is 0 Å². The van der Waals surface area contributed by atoms with Crippen LogP contribution in [0.2, 0.25) is 0 Å². The molecule has 0 fully saturated rings. The smallest absolute Gasteiger partial charge is 0.305 e. The summed E-state index contributed by atoms with van der Waals surface area (Å²) in [5.74, 6) is -0.140. The zero-order valence-electron chi connectivity index (χ0n) is 20.7. The number of rotatable bonds is 16. The molecule has 0 heterocycles. The maximum absolute atomic E-state index is 11.6. The lowest BCUT2D eigenvalue weighted by Gasteiger charge is -2.17. The Labute approximate surface area is 186 Å². The predicted octanol–water partition coefficient (Wildman–Crippen LogP) is 7.40. The van der Waals surface area contributed by atoms with Crippen molar-refractivity contribution in [1.82, 2.24) is 0 Å². The third-order valence-corrected chi connectivity index (χ3v) is 4.50. The van der Waals surface area contributed by atoms with Crippen LogP contribution in [0.5, 0.6) is 0 Å². The lowest BCUT2D eigenvalue weighted by Crippen LogP contribution is -2.18. The highest BCUT2D eigenvalue weighted by Crippen LogP contribution is 2.15. The number of allylic oxidation sites excluding steroid dienone is 2. The third kappa shape index (κ3) is 23.0. The van der Waals surface area contributed by atoms with E-state index in [1.165, 1.54) is 32.1 Å². The number of ether oxygens (including phenoxy) is 2. The monoisotopic (exact) mass is 424 g/mol. The van der Waals surface area contributed by atoms with Gasteiger partial charge in [0, 0.05) is 12.8 Å². The summed E-state index contributed by atoms with van der Waals surface area (Å²) in [6.07, 6.45) is 16.7. The van der Waals surface area contributed by atoms with Crippen LogP contribution >= 0.6 is 0 Å². The Balaban J connectivity index is 3.38. The van der Waals surface area contributed by atoms with Gasteiger partial charge in [-0.05, 0) is 42.9 Å². The van der Waals surface area contributed by atoms with Crippen LogP contribution in [-0.2, 0) is 19.1 Å². The summed E-state index contributed by atoms with van der Waals surface area (Å²) < 4.78 is 10.5. The number of hydrogen-bond acceptors (Lipinski definition) is 4. The van der Waals surface area contributed by atoms with Crippen LogP contribution in [0.4, 0.5) is 0 Å². The number of unbranched alkanes of at least 4 members (excludes halogenated alkanes) is 8. The second-order valence-electron chi connectivity index (χ2n) is 10.8. The molecule has 0 bridgehead atoms. The van der Waals surface area contributed by atoms with E-state index in [-0.39, 0.29) is 22.8 Å². The van der Waals surface area contributed by atoms with E-state index >= 15 is 0 Å². The van der Waals surface area contributed by atoms with Gasteiger partial charge in [-0.25, -0.2) is 0 Å². The molecule has 0 aromatic rings. The standard InChI is InChI=1S/C26H48O4/c1-25(2,3)21-29-23(27)19-17-15-13-11-9-7-8-10-12-14-16-18-20-24(28)30-22-26(4,5)6/h11,13H,7-10,12,14-22H2,1-6H3/b13-11+. The SMILES string of the molecule is CC(C)(C)COC(=O)CCC/C=C/CCCCCCCCCC(=O)OCC(C)(C)C.